The van der Waals surface area contributed by atoms with Crippen LogP contribution in [0.1, 0.15) is 25.5 Å². The van der Waals surface area contributed by atoms with E-state index in [9.17, 15) is 9.59 Å². The minimum Gasteiger partial charge on any atom is -0.497 e. The molecule has 0 unspecified atom stereocenters. The summed E-state index contributed by atoms with van der Waals surface area (Å²) in [6, 6.07) is 13.8. The topological polar surface area (TPSA) is 113 Å². The molecule has 0 spiro atoms. The fourth-order valence-electron chi connectivity index (χ4n) is 3.27. The van der Waals surface area contributed by atoms with Crippen LogP contribution in [0.3, 0.4) is 0 Å². The Morgan fingerprint density at radius 3 is 2.28 bits per heavy atom. The molecule has 0 saturated heterocycles. The maximum atomic E-state index is 12.8. The molecular weight excluding hydrogens is 466 g/mol. The second kappa shape index (κ2) is 15.2. The molecule has 0 fully saturated rings. The van der Waals surface area contributed by atoms with E-state index in [1.54, 1.807) is 81.6 Å². The predicted molar refractivity (Wildman–Crippen MR) is 135 cm³/mol. The van der Waals surface area contributed by atoms with Crippen LogP contribution in [0.4, 0.5) is 10.5 Å². The Kier molecular flexibility index (Phi) is 12.0. The molecule has 0 bridgehead atoms. The number of aliphatic hydroxyl groups excluding tert-OH is 1. The minimum atomic E-state index is -0.826. The van der Waals surface area contributed by atoms with Gasteiger partial charge in [-0.05, 0) is 61.4 Å². The van der Waals surface area contributed by atoms with Gasteiger partial charge in [0.2, 0.25) is 0 Å². The summed E-state index contributed by atoms with van der Waals surface area (Å²) in [4.78, 5) is 24.4. The van der Waals surface area contributed by atoms with Gasteiger partial charge in [-0.3, -0.25) is 5.32 Å². The van der Waals surface area contributed by atoms with Gasteiger partial charge in [-0.1, -0.05) is 24.3 Å². The second-order valence-corrected chi connectivity index (χ2v) is 7.50. The van der Waals surface area contributed by atoms with Crippen molar-refractivity contribution in [2.24, 2.45) is 0 Å². The molecule has 0 heterocycles. The van der Waals surface area contributed by atoms with Gasteiger partial charge in [-0.15, -0.1) is 0 Å². The minimum absolute atomic E-state index is 0.103. The maximum absolute atomic E-state index is 12.8. The summed E-state index contributed by atoms with van der Waals surface area (Å²) in [5.41, 5.74) is 1.90. The third kappa shape index (κ3) is 9.09. The Morgan fingerprint density at radius 2 is 1.69 bits per heavy atom. The molecular formula is C27H33NO8. The van der Waals surface area contributed by atoms with Crippen LogP contribution >= 0.6 is 0 Å². The fourth-order valence-corrected chi connectivity index (χ4v) is 3.27. The molecule has 9 nitrogen and oxygen atoms in total. The van der Waals surface area contributed by atoms with Gasteiger partial charge in [-0.2, -0.15) is 0 Å². The maximum Gasteiger partial charge on any atom is 0.412 e. The first-order valence-electron chi connectivity index (χ1n) is 11.4. The molecule has 0 aromatic heterocycles. The first kappa shape index (κ1) is 28.4. The number of anilines is 1. The van der Waals surface area contributed by atoms with Crippen molar-refractivity contribution in [1.82, 2.24) is 0 Å². The lowest BCUT2D eigenvalue weighted by Crippen LogP contribution is -2.29. The molecule has 2 N–H and O–H groups in total. The molecule has 1 amide bonds. The van der Waals surface area contributed by atoms with Crippen molar-refractivity contribution in [2.75, 3.05) is 39.4 Å². The standard InChI is InChI=1S/C27H33NO8/c1-5-34-24(30)8-6-7-19(2)25(33-4)26(20-9-13-23(14-10-20)35-18-17-29)36-27(31)28-21-11-15-22(32-3)16-12-21/h6-16,25-26,29H,5,17-18H2,1-4H3,(H,28,31)/b8-6+,19-7+/t25-,26-/m1/s1. The smallest absolute Gasteiger partial charge is 0.412 e. The lowest BCUT2D eigenvalue weighted by atomic mass is 9.98. The number of ether oxygens (including phenoxy) is 5. The van der Waals surface area contributed by atoms with Crippen molar-refractivity contribution in [3.05, 3.63) is 77.9 Å². The number of carbonyl (C=O) groups is 2. The number of hydrogen-bond donors (Lipinski definition) is 2. The Balaban J connectivity index is 2.28. The normalized spacial score (nSPS) is 13.1. The van der Waals surface area contributed by atoms with Crippen molar-refractivity contribution in [2.45, 2.75) is 26.1 Å². The lowest BCUT2D eigenvalue weighted by molar-refractivity contribution is -0.137. The number of carbonyl (C=O) groups excluding carboxylic acids is 2. The highest BCUT2D eigenvalue weighted by atomic mass is 16.6. The summed E-state index contributed by atoms with van der Waals surface area (Å²) < 4.78 is 27.0. The molecule has 0 aliphatic carbocycles. The zero-order chi connectivity index (χ0) is 26.3. The van der Waals surface area contributed by atoms with Gasteiger partial charge < -0.3 is 28.8 Å². The molecule has 0 aliphatic heterocycles. The average Bonchev–Trinajstić information content (AvgIpc) is 2.88. The second-order valence-electron chi connectivity index (χ2n) is 7.50. The van der Waals surface area contributed by atoms with E-state index in [0.717, 1.165) is 0 Å². The Bertz CT molecular complexity index is 1020. The van der Waals surface area contributed by atoms with Gasteiger partial charge in [-0.25, -0.2) is 9.59 Å². The Hall–Kier alpha value is -3.82. The van der Waals surface area contributed by atoms with E-state index in [1.165, 1.54) is 13.2 Å². The largest absolute Gasteiger partial charge is 0.497 e. The van der Waals surface area contributed by atoms with Crippen LogP contribution in [0, 0.1) is 0 Å². The molecule has 194 valence electrons. The first-order valence-corrected chi connectivity index (χ1v) is 11.4. The number of hydrogen-bond acceptors (Lipinski definition) is 8. The molecule has 9 heteroatoms. The molecule has 0 saturated carbocycles. The quantitative estimate of drug-likeness (QED) is 0.236. The van der Waals surface area contributed by atoms with E-state index >= 15 is 0 Å². The van der Waals surface area contributed by atoms with Crippen molar-refractivity contribution >= 4 is 17.7 Å². The van der Waals surface area contributed by atoms with Gasteiger partial charge in [0.05, 0.1) is 20.3 Å². The predicted octanol–water partition coefficient (Wildman–Crippen LogP) is 4.44. The molecule has 2 atom stereocenters. The number of aliphatic hydroxyl groups is 1. The highest BCUT2D eigenvalue weighted by Crippen LogP contribution is 2.30. The van der Waals surface area contributed by atoms with E-state index in [2.05, 4.69) is 5.32 Å². The van der Waals surface area contributed by atoms with Crippen LogP contribution in [0.2, 0.25) is 0 Å². The summed E-state index contributed by atoms with van der Waals surface area (Å²) in [6.45, 7) is 3.88. The summed E-state index contributed by atoms with van der Waals surface area (Å²) in [7, 11) is 3.07. The molecule has 2 aromatic carbocycles. The Labute approximate surface area is 211 Å². The van der Waals surface area contributed by atoms with E-state index in [0.29, 0.717) is 28.3 Å². The van der Waals surface area contributed by atoms with Crippen molar-refractivity contribution in [1.29, 1.82) is 0 Å². The lowest BCUT2D eigenvalue weighted by Gasteiger charge is -2.27. The zero-order valence-electron chi connectivity index (χ0n) is 20.9. The molecule has 2 aromatic rings. The number of methoxy groups -OCH3 is 2. The summed E-state index contributed by atoms with van der Waals surface area (Å²) in [5.74, 6) is 0.764. The summed E-state index contributed by atoms with van der Waals surface area (Å²) >= 11 is 0. The molecule has 36 heavy (non-hydrogen) atoms. The SMILES string of the molecule is CCOC(=O)/C=C/C=C(\C)[C@@H](OC)[C@H](OC(=O)Nc1ccc(OC)cc1)c1ccc(OCCO)cc1. The van der Waals surface area contributed by atoms with Crippen LogP contribution in [0.15, 0.2) is 72.3 Å². The molecule has 0 aliphatic rings. The number of allylic oxidation sites excluding steroid dienone is 2. The number of nitrogens with one attached hydrogen (secondary N) is 1. The van der Waals surface area contributed by atoms with Gasteiger partial charge in [0.15, 0.2) is 6.10 Å². The van der Waals surface area contributed by atoms with Gasteiger partial charge in [0.25, 0.3) is 0 Å². The van der Waals surface area contributed by atoms with E-state index in [-0.39, 0.29) is 19.8 Å². The highest BCUT2D eigenvalue weighted by Gasteiger charge is 2.28. The van der Waals surface area contributed by atoms with E-state index < -0.39 is 24.3 Å². The average molecular weight is 500 g/mol. The van der Waals surface area contributed by atoms with Crippen molar-refractivity contribution < 1.29 is 38.4 Å². The van der Waals surface area contributed by atoms with Crippen LogP contribution in [0.25, 0.3) is 0 Å². The van der Waals surface area contributed by atoms with Gasteiger partial charge in [0, 0.05) is 18.9 Å². The Morgan fingerprint density at radius 1 is 1.03 bits per heavy atom. The number of rotatable bonds is 13. The third-order valence-electron chi connectivity index (χ3n) is 4.99. The first-order chi connectivity index (χ1) is 17.4. The van der Waals surface area contributed by atoms with Crippen LogP contribution in [-0.4, -0.2) is 57.3 Å². The molecule has 0 radical (unpaired) electrons. The highest BCUT2D eigenvalue weighted by molar-refractivity contribution is 5.85. The third-order valence-corrected chi connectivity index (χ3v) is 4.99. The number of esters is 1. The number of benzene rings is 2. The van der Waals surface area contributed by atoms with Gasteiger partial charge in [0.1, 0.15) is 24.2 Å². The zero-order valence-corrected chi connectivity index (χ0v) is 20.9. The van der Waals surface area contributed by atoms with Gasteiger partial charge >= 0.3 is 12.1 Å². The monoisotopic (exact) mass is 499 g/mol. The number of amides is 1. The van der Waals surface area contributed by atoms with E-state index in [4.69, 9.17) is 28.8 Å². The van der Waals surface area contributed by atoms with E-state index in [1.807, 2.05) is 0 Å². The van der Waals surface area contributed by atoms with Crippen LogP contribution in [-0.2, 0) is 19.0 Å². The van der Waals surface area contributed by atoms with Crippen molar-refractivity contribution in [3.8, 4) is 11.5 Å². The van der Waals surface area contributed by atoms with Crippen LogP contribution in [0.5, 0.6) is 11.5 Å². The fraction of sp³-hybridized carbons (Fsp3) is 0.333. The molecule has 2 rings (SSSR count). The summed E-state index contributed by atoms with van der Waals surface area (Å²) in [6.07, 6.45) is 2.39. The summed E-state index contributed by atoms with van der Waals surface area (Å²) in [5, 5.41) is 11.7. The van der Waals surface area contributed by atoms with Crippen LogP contribution < -0.4 is 14.8 Å². The van der Waals surface area contributed by atoms with Crippen molar-refractivity contribution in [3.63, 3.8) is 0 Å².